The maximum absolute atomic E-state index is 13.8. The first-order valence-corrected chi connectivity index (χ1v) is 9.26. The summed E-state index contributed by atoms with van der Waals surface area (Å²) in [5.74, 6) is -2.40. The molecule has 1 unspecified atom stereocenters. The lowest BCUT2D eigenvalue weighted by Gasteiger charge is -2.32. The molecular weight excluding hydrogens is 401 g/mol. The van der Waals surface area contributed by atoms with Gasteiger partial charge in [0.1, 0.15) is 12.1 Å². The van der Waals surface area contributed by atoms with Crippen molar-refractivity contribution in [1.82, 2.24) is 24.5 Å². The van der Waals surface area contributed by atoms with Gasteiger partial charge in [0.25, 0.3) is 5.92 Å². The summed E-state index contributed by atoms with van der Waals surface area (Å²) in [4.78, 5) is 8.20. The van der Waals surface area contributed by atoms with Gasteiger partial charge in [0, 0.05) is 21.2 Å². The molecule has 1 aliphatic heterocycles. The van der Waals surface area contributed by atoms with Gasteiger partial charge >= 0.3 is 0 Å². The van der Waals surface area contributed by atoms with Crippen LogP contribution < -0.4 is 10.6 Å². The van der Waals surface area contributed by atoms with Crippen LogP contribution in [0.4, 0.5) is 14.6 Å². The molecule has 2 aromatic rings. The maximum atomic E-state index is 13.8. The van der Waals surface area contributed by atoms with Crippen LogP contribution >= 0.6 is 30.3 Å². The van der Waals surface area contributed by atoms with Gasteiger partial charge < -0.3 is 10.6 Å². The van der Waals surface area contributed by atoms with Crippen LogP contribution in [0.25, 0.3) is 11.0 Å². The molecule has 10 heteroatoms. The zero-order valence-corrected chi connectivity index (χ0v) is 13.2. The second kappa shape index (κ2) is 5.56. The van der Waals surface area contributed by atoms with E-state index in [1.165, 1.54) is 15.4 Å². The Morgan fingerprint density at radius 3 is 3.10 bits per heavy atom. The Morgan fingerprint density at radius 2 is 2.35 bits per heavy atom. The van der Waals surface area contributed by atoms with Crippen molar-refractivity contribution in [2.75, 3.05) is 18.4 Å². The van der Waals surface area contributed by atoms with Crippen molar-refractivity contribution in [2.24, 2.45) is 0 Å². The first-order valence-electron chi connectivity index (χ1n) is 5.95. The van der Waals surface area contributed by atoms with Crippen molar-refractivity contribution in [1.29, 1.82) is 0 Å². The summed E-state index contributed by atoms with van der Waals surface area (Å²) in [5, 5.41) is 10.3. The van der Waals surface area contributed by atoms with Crippen LogP contribution in [0.2, 0.25) is 0 Å². The minimum absolute atomic E-state index is 0.318. The fourth-order valence-electron chi connectivity index (χ4n) is 2.17. The Kier molecular flexibility index (Phi) is 3.95. The quantitative estimate of drug-likeness (QED) is 0.753. The minimum Gasteiger partial charge on any atom is -0.360 e. The van der Waals surface area contributed by atoms with E-state index >= 15 is 0 Å². The Morgan fingerprint density at radius 1 is 1.50 bits per heavy atom. The van der Waals surface area contributed by atoms with Crippen molar-refractivity contribution in [3.8, 4) is 0 Å². The van der Waals surface area contributed by atoms with Crippen molar-refractivity contribution in [2.45, 2.75) is 18.4 Å². The SMILES string of the molecule is FC1(F)CNCCC1Nc1ncnc2c1cnn2SI. The minimum atomic E-state index is -2.80. The lowest BCUT2D eigenvalue weighted by Crippen LogP contribution is -2.52. The van der Waals surface area contributed by atoms with E-state index in [1.807, 2.05) is 0 Å². The van der Waals surface area contributed by atoms with Crippen molar-refractivity contribution >= 4 is 47.2 Å². The van der Waals surface area contributed by atoms with Gasteiger partial charge in [-0.3, -0.25) is 0 Å². The highest BCUT2D eigenvalue weighted by Crippen LogP contribution is 2.29. The molecule has 20 heavy (non-hydrogen) atoms. The van der Waals surface area contributed by atoms with Crippen LogP contribution in [-0.4, -0.2) is 44.2 Å². The summed E-state index contributed by atoms with van der Waals surface area (Å²) < 4.78 is 29.3. The molecule has 2 aromatic heterocycles. The molecule has 1 fully saturated rings. The highest BCUT2D eigenvalue weighted by molar-refractivity contribution is 14.2. The first kappa shape index (κ1) is 14.2. The third kappa shape index (κ3) is 2.55. The molecule has 0 spiro atoms. The van der Waals surface area contributed by atoms with Gasteiger partial charge in [-0.05, 0) is 13.0 Å². The van der Waals surface area contributed by atoms with Gasteiger partial charge in [-0.1, -0.05) is 0 Å². The van der Waals surface area contributed by atoms with Crippen molar-refractivity contribution < 1.29 is 8.78 Å². The summed E-state index contributed by atoms with van der Waals surface area (Å²) in [6, 6.07) is -0.933. The fourth-order valence-corrected chi connectivity index (χ4v) is 3.32. The van der Waals surface area contributed by atoms with E-state index in [9.17, 15) is 8.78 Å². The van der Waals surface area contributed by atoms with E-state index in [2.05, 4.69) is 46.9 Å². The van der Waals surface area contributed by atoms with E-state index in [0.29, 0.717) is 29.8 Å². The number of piperidine rings is 1. The van der Waals surface area contributed by atoms with E-state index < -0.39 is 12.0 Å². The Labute approximate surface area is 129 Å². The Bertz CT molecular complexity index is 621. The highest BCUT2D eigenvalue weighted by Gasteiger charge is 2.41. The van der Waals surface area contributed by atoms with Gasteiger partial charge in [-0.2, -0.15) is 9.19 Å². The Balaban J connectivity index is 1.92. The molecule has 1 atom stereocenters. The average Bonchev–Trinajstić information content (AvgIpc) is 2.85. The largest absolute Gasteiger partial charge is 0.360 e. The zero-order chi connectivity index (χ0) is 14.2. The number of nitrogens with one attached hydrogen (secondary N) is 2. The van der Waals surface area contributed by atoms with E-state index in [4.69, 9.17) is 0 Å². The molecule has 0 aliphatic carbocycles. The summed E-state index contributed by atoms with van der Waals surface area (Å²) in [6.07, 6.45) is 3.28. The molecule has 3 rings (SSSR count). The molecule has 0 saturated carbocycles. The van der Waals surface area contributed by atoms with Crippen LogP contribution in [0.5, 0.6) is 0 Å². The monoisotopic (exact) mass is 412 g/mol. The molecule has 0 amide bonds. The van der Waals surface area contributed by atoms with E-state index in [0.717, 1.165) is 0 Å². The van der Waals surface area contributed by atoms with E-state index in [-0.39, 0.29) is 6.54 Å². The number of alkyl halides is 2. The number of anilines is 1. The second-order valence-corrected chi connectivity index (χ2v) is 6.14. The average molecular weight is 412 g/mol. The van der Waals surface area contributed by atoms with E-state index in [1.54, 1.807) is 10.3 Å². The molecular formula is C10H11F2IN6S. The molecule has 108 valence electrons. The number of fused-ring (bicyclic) bond motifs is 1. The van der Waals surface area contributed by atoms with Crippen LogP contribution in [0.1, 0.15) is 6.42 Å². The smallest absolute Gasteiger partial charge is 0.279 e. The molecule has 3 heterocycles. The van der Waals surface area contributed by atoms with Crippen LogP contribution in [0.15, 0.2) is 12.5 Å². The molecule has 1 saturated heterocycles. The number of hydrogen-bond donors (Lipinski definition) is 2. The Hall–Kier alpha value is -0.750. The van der Waals surface area contributed by atoms with Gasteiger partial charge in [0.15, 0.2) is 5.65 Å². The third-order valence-corrected chi connectivity index (χ3v) is 4.71. The number of nitrogens with zero attached hydrogens (tertiary/aromatic N) is 4. The van der Waals surface area contributed by atoms with Crippen LogP contribution in [-0.2, 0) is 0 Å². The van der Waals surface area contributed by atoms with Gasteiger partial charge in [-0.25, -0.2) is 18.7 Å². The molecule has 0 bridgehead atoms. The number of rotatable bonds is 3. The maximum Gasteiger partial charge on any atom is 0.279 e. The van der Waals surface area contributed by atoms with Gasteiger partial charge in [0.2, 0.25) is 0 Å². The van der Waals surface area contributed by atoms with Gasteiger partial charge in [-0.15, -0.1) is 0 Å². The van der Waals surface area contributed by atoms with Crippen LogP contribution in [0, 0.1) is 0 Å². The first-order chi connectivity index (χ1) is 9.62. The predicted octanol–water partition coefficient (Wildman–Crippen LogP) is 2.08. The number of halogens is 3. The normalized spacial score (nSPS) is 22.1. The molecule has 1 aliphatic rings. The molecule has 0 radical (unpaired) electrons. The molecule has 2 N–H and O–H groups in total. The van der Waals surface area contributed by atoms with Crippen molar-refractivity contribution in [3.05, 3.63) is 12.5 Å². The summed E-state index contributed by atoms with van der Waals surface area (Å²) in [5.41, 5.74) is 0.610. The summed E-state index contributed by atoms with van der Waals surface area (Å²) >= 11 is 2.08. The van der Waals surface area contributed by atoms with Gasteiger partial charge in [0.05, 0.1) is 33.3 Å². The lowest BCUT2D eigenvalue weighted by molar-refractivity contribution is -0.0322. The summed E-state index contributed by atoms with van der Waals surface area (Å²) in [6.45, 7) is 0.242. The highest BCUT2D eigenvalue weighted by atomic mass is 127. The van der Waals surface area contributed by atoms with Crippen molar-refractivity contribution in [3.63, 3.8) is 0 Å². The van der Waals surface area contributed by atoms with Crippen LogP contribution in [0.3, 0.4) is 0 Å². The predicted molar refractivity (Wildman–Crippen MR) is 82.2 cm³/mol. The third-order valence-electron chi connectivity index (χ3n) is 3.19. The number of aromatic nitrogens is 4. The summed E-state index contributed by atoms with van der Waals surface area (Å²) in [7, 11) is 1.36. The number of hydrogen-bond acceptors (Lipinski definition) is 6. The molecule has 0 aromatic carbocycles. The zero-order valence-electron chi connectivity index (χ0n) is 10.2. The lowest BCUT2D eigenvalue weighted by atomic mass is 10.0. The fraction of sp³-hybridized carbons (Fsp3) is 0.500. The topological polar surface area (TPSA) is 67.7 Å². The second-order valence-electron chi connectivity index (χ2n) is 4.47. The standard InChI is InChI=1S/C10H11F2IN6S/c11-10(12)4-14-2-1-7(10)18-8-6-3-17-19(20-13)9(6)16-5-15-8/h3,5,7,14H,1-2,4H2,(H,15,16,18). The molecule has 6 nitrogen and oxygen atoms in total.